The maximum Gasteiger partial charge on any atom is 0.411 e. The largest absolute Gasteiger partial charge is 0.411 e. The first-order valence-electron chi connectivity index (χ1n) is 4.77. The lowest BCUT2D eigenvalue weighted by atomic mass is 10.3. The highest BCUT2D eigenvalue weighted by Crippen LogP contribution is 2.15. The second-order valence-electron chi connectivity index (χ2n) is 3.29. The van der Waals surface area contributed by atoms with Gasteiger partial charge in [0.2, 0.25) is 0 Å². The standard InChI is InChI=1S/C10H12F3NO2S/c11-10(12,13)7-16-4-5-17(15)9-3-1-2-8(14)6-9/h1-3,6H,4-5,7,14H2. The number of nitrogens with two attached hydrogens (primary N) is 1. The van der Waals surface area contributed by atoms with Crippen molar-refractivity contribution in [3.8, 4) is 0 Å². The van der Waals surface area contributed by atoms with Crippen molar-refractivity contribution >= 4 is 16.5 Å². The van der Waals surface area contributed by atoms with Gasteiger partial charge in [0, 0.05) is 10.6 Å². The number of hydrogen-bond acceptors (Lipinski definition) is 3. The van der Waals surface area contributed by atoms with Gasteiger partial charge >= 0.3 is 6.18 Å². The Labute approximate surface area is 99.2 Å². The van der Waals surface area contributed by atoms with Crippen LogP contribution in [-0.2, 0) is 15.5 Å². The van der Waals surface area contributed by atoms with Crippen molar-refractivity contribution in [1.29, 1.82) is 0 Å². The van der Waals surface area contributed by atoms with Gasteiger partial charge in [-0.1, -0.05) is 6.07 Å². The summed E-state index contributed by atoms with van der Waals surface area (Å²) >= 11 is 0. The fourth-order valence-electron chi connectivity index (χ4n) is 1.10. The molecule has 1 aromatic carbocycles. The molecule has 7 heteroatoms. The van der Waals surface area contributed by atoms with E-state index in [0.29, 0.717) is 10.6 Å². The van der Waals surface area contributed by atoms with Crippen LogP contribution in [0.3, 0.4) is 0 Å². The van der Waals surface area contributed by atoms with Crippen molar-refractivity contribution in [2.24, 2.45) is 0 Å². The molecule has 0 bridgehead atoms. The van der Waals surface area contributed by atoms with Gasteiger partial charge in [0.25, 0.3) is 0 Å². The van der Waals surface area contributed by atoms with Crippen molar-refractivity contribution in [3.05, 3.63) is 24.3 Å². The zero-order valence-corrected chi connectivity index (χ0v) is 9.68. The fraction of sp³-hybridized carbons (Fsp3) is 0.400. The maximum atomic E-state index is 11.7. The summed E-state index contributed by atoms with van der Waals surface area (Å²) in [6, 6.07) is 6.41. The molecule has 0 heterocycles. The summed E-state index contributed by atoms with van der Waals surface area (Å²) in [5.41, 5.74) is 5.96. The highest BCUT2D eigenvalue weighted by atomic mass is 32.2. The Bertz CT molecular complexity index is 395. The molecular weight excluding hydrogens is 255 g/mol. The Morgan fingerprint density at radius 2 is 2.06 bits per heavy atom. The van der Waals surface area contributed by atoms with Crippen molar-refractivity contribution < 1.29 is 22.1 Å². The van der Waals surface area contributed by atoms with Crippen LogP contribution in [0.5, 0.6) is 0 Å². The zero-order valence-electron chi connectivity index (χ0n) is 8.87. The summed E-state index contributed by atoms with van der Waals surface area (Å²) in [5, 5.41) is 0. The number of hydrogen-bond donors (Lipinski definition) is 1. The molecule has 1 aromatic rings. The molecule has 0 aliphatic rings. The number of benzene rings is 1. The molecule has 0 spiro atoms. The number of rotatable bonds is 5. The minimum Gasteiger partial charge on any atom is -0.399 e. The molecule has 0 fully saturated rings. The summed E-state index contributed by atoms with van der Waals surface area (Å²) < 4.78 is 51.2. The molecule has 0 saturated heterocycles. The number of halogens is 3. The van der Waals surface area contributed by atoms with Crippen LogP contribution in [0.1, 0.15) is 0 Å². The van der Waals surface area contributed by atoms with E-state index < -0.39 is 23.6 Å². The SMILES string of the molecule is Nc1cccc(S(=O)CCOCC(F)(F)F)c1. The Hall–Kier alpha value is -1.08. The minimum absolute atomic E-state index is 0.0134. The van der Waals surface area contributed by atoms with Gasteiger partial charge in [-0.25, -0.2) is 0 Å². The van der Waals surface area contributed by atoms with Crippen molar-refractivity contribution in [3.63, 3.8) is 0 Å². The van der Waals surface area contributed by atoms with E-state index in [1.54, 1.807) is 18.2 Å². The molecule has 3 nitrogen and oxygen atoms in total. The lowest BCUT2D eigenvalue weighted by molar-refractivity contribution is -0.172. The molecule has 0 aliphatic carbocycles. The quantitative estimate of drug-likeness (QED) is 0.655. The highest BCUT2D eigenvalue weighted by molar-refractivity contribution is 7.85. The van der Waals surface area contributed by atoms with Crippen molar-refractivity contribution in [2.75, 3.05) is 24.7 Å². The smallest absolute Gasteiger partial charge is 0.399 e. The van der Waals surface area contributed by atoms with Crippen LogP contribution in [-0.4, -0.2) is 29.4 Å². The normalized spacial score (nSPS) is 13.6. The van der Waals surface area contributed by atoms with Gasteiger partial charge in [0.15, 0.2) is 0 Å². The predicted molar refractivity (Wildman–Crippen MR) is 59.0 cm³/mol. The molecule has 1 rings (SSSR count). The molecule has 0 amide bonds. The first kappa shape index (κ1) is 14.0. The Kier molecular flexibility index (Phi) is 4.95. The summed E-state index contributed by atoms with van der Waals surface area (Å²) in [4.78, 5) is 0.487. The van der Waals surface area contributed by atoms with Crippen LogP contribution in [0, 0.1) is 0 Å². The van der Waals surface area contributed by atoms with E-state index in [-0.39, 0.29) is 12.4 Å². The van der Waals surface area contributed by atoms with Crippen LogP contribution in [0.15, 0.2) is 29.2 Å². The summed E-state index contributed by atoms with van der Waals surface area (Å²) in [6.07, 6.45) is -4.35. The average Bonchev–Trinajstić information content (AvgIpc) is 2.23. The van der Waals surface area contributed by atoms with Gasteiger partial charge < -0.3 is 10.5 Å². The van der Waals surface area contributed by atoms with Gasteiger partial charge in [0.05, 0.1) is 23.2 Å². The van der Waals surface area contributed by atoms with Gasteiger partial charge in [-0.3, -0.25) is 4.21 Å². The minimum atomic E-state index is -4.35. The lowest BCUT2D eigenvalue weighted by Gasteiger charge is -2.07. The lowest BCUT2D eigenvalue weighted by Crippen LogP contribution is -2.19. The number of alkyl halides is 3. The van der Waals surface area contributed by atoms with E-state index in [1.165, 1.54) is 6.07 Å². The number of ether oxygens (including phenoxy) is 1. The highest BCUT2D eigenvalue weighted by Gasteiger charge is 2.27. The maximum absolute atomic E-state index is 11.7. The first-order chi connectivity index (χ1) is 7.88. The summed E-state index contributed by atoms with van der Waals surface area (Å²) in [6.45, 7) is -1.53. The van der Waals surface area contributed by atoms with E-state index in [9.17, 15) is 17.4 Å². The molecule has 96 valence electrons. The number of anilines is 1. The topological polar surface area (TPSA) is 52.3 Å². The van der Waals surface area contributed by atoms with Crippen LogP contribution in [0.25, 0.3) is 0 Å². The monoisotopic (exact) mass is 267 g/mol. The van der Waals surface area contributed by atoms with Crippen LogP contribution < -0.4 is 5.73 Å². The first-order valence-corrected chi connectivity index (χ1v) is 6.09. The third-order valence-corrected chi connectivity index (χ3v) is 3.12. The van der Waals surface area contributed by atoms with Crippen LogP contribution >= 0.6 is 0 Å². The Morgan fingerprint density at radius 1 is 1.35 bits per heavy atom. The molecule has 1 unspecified atom stereocenters. The number of nitrogen functional groups attached to an aromatic ring is 1. The second-order valence-corrected chi connectivity index (χ2v) is 4.86. The van der Waals surface area contributed by atoms with E-state index in [4.69, 9.17) is 5.73 Å². The van der Waals surface area contributed by atoms with Gasteiger partial charge in [-0.2, -0.15) is 13.2 Å². The van der Waals surface area contributed by atoms with Gasteiger partial charge in [0.1, 0.15) is 6.61 Å². The van der Waals surface area contributed by atoms with Gasteiger partial charge in [-0.15, -0.1) is 0 Å². The van der Waals surface area contributed by atoms with Crippen molar-refractivity contribution in [1.82, 2.24) is 0 Å². The average molecular weight is 267 g/mol. The third kappa shape index (κ3) is 5.69. The van der Waals surface area contributed by atoms with Crippen molar-refractivity contribution in [2.45, 2.75) is 11.1 Å². The summed E-state index contributed by atoms with van der Waals surface area (Å²) in [5.74, 6) is 0.0134. The molecule has 0 radical (unpaired) electrons. The predicted octanol–water partition coefficient (Wildman–Crippen LogP) is 1.96. The Morgan fingerprint density at radius 3 is 2.65 bits per heavy atom. The molecule has 0 aromatic heterocycles. The Balaban J connectivity index is 2.36. The molecular formula is C10H12F3NO2S. The molecule has 1 atom stereocenters. The molecule has 0 aliphatic heterocycles. The fourth-order valence-corrected chi connectivity index (χ4v) is 2.10. The van der Waals surface area contributed by atoms with E-state index >= 15 is 0 Å². The van der Waals surface area contributed by atoms with Gasteiger partial charge in [-0.05, 0) is 18.2 Å². The van der Waals surface area contributed by atoms with E-state index in [2.05, 4.69) is 4.74 Å². The second kappa shape index (κ2) is 6.02. The molecule has 0 saturated carbocycles. The molecule has 2 N–H and O–H groups in total. The molecule has 17 heavy (non-hydrogen) atoms. The summed E-state index contributed by atoms with van der Waals surface area (Å²) in [7, 11) is -1.39. The van der Waals surface area contributed by atoms with Crippen LogP contribution in [0.4, 0.5) is 18.9 Å². The third-order valence-electron chi connectivity index (χ3n) is 1.80. The van der Waals surface area contributed by atoms with Crippen LogP contribution in [0.2, 0.25) is 0 Å². The van der Waals surface area contributed by atoms with E-state index in [0.717, 1.165) is 0 Å². The zero-order chi connectivity index (χ0) is 12.9. The van der Waals surface area contributed by atoms with E-state index in [1.807, 2.05) is 0 Å².